The number of aryl methyl sites for hydroxylation is 1. The van der Waals surface area contributed by atoms with E-state index in [2.05, 4.69) is 0 Å². The summed E-state index contributed by atoms with van der Waals surface area (Å²) in [5.41, 5.74) is 5.49. The molecule has 0 saturated carbocycles. The van der Waals surface area contributed by atoms with E-state index in [-0.39, 0.29) is 23.6 Å². The smallest absolute Gasteiger partial charge is 0.190 e. The SMILES string of the molecule is Cc1ccc(C=CC(=O)C2=C(c3ccccc3)c3cc(Cl)ccc3CC2=O)cc1. The predicted octanol–water partition coefficient (Wildman–Crippen LogP) is 5.86. The summed E-state index contributed by atoms with van der Waals surface area (Å²) >= 11 is 6.24. The molecule has 1 aliphatic rings. The van der Waals surface area contributed by atoms with Crippen molar-refractivity contribution in [1.29, 1.82) is 0 Å². The van der Waals surface area contributed by atoms with E-state index < -0.39 is 0 Å². The number of benzene rings is 3. The van der Waals surface area contributed by atoms with Gasteiger partial charge in [0.05, 0.1) is 5.57 Å². The maximum Gasteiger partial charge on any atom is 0.190 e. The highest BCUT2D eigenvalue weighted by molar-refractivity contribution is 6.33. The first-order chi connectivity index (χ1) is 14.0. The molecule has 142 valence electrons. The number of Topliss-reactive ketones (excluding diaryl/α,β-unsaturated/α-hetero) is 1. The van der Waals surface area contributed by atoms with Crippen LogP contribution in [0.25, 0.3) is 11.6 Å². The lowest BCUT2D eigenvalue weighted by molar-refractivity contribution is -0.119. The van der Waals surface area contributed by atoms with Gasteiger partial charge in [-0.2, -0.15) is 0 Å². The molecule has 0 fully saturated rings. The van der Waals surface area contributed by atoms with Gasteiger partial charge in [0.25, 0.3) is 0 Å². The van der Waals surface area contributed by atoms with Gasteiger partial charge in [-0.05, 0) is 47.4 Å². The van der Waals surface area contributed by atoms with Crippen LogP contribution in [0.1, 0.15) is 27.8 Å². The molecule has 3 aromatic rings. The third-order valence-electron chi connectivity index (χ3n) is 5.03. The summed E-state index contributed by atoms with van der Waals surface area (Å²) < 4.78 is 0. The van der Waals surface area contributed by atoms with Crippen molar-refractivity contribution < 1.29 is 9.59 Å². The molecule has 0 unspecified atom stereocenters. The molecule has 0 heterocycles. The molecule has 4 rings (SSSR count). The van der Waals surface area contributed by atoms with Crippen LogP contribution in [0.15, 0.2) is 84.4 Å². The van der Waals surface area contributed by atoms with Crippen LogP contribution < -0.4 is 0 Å². The highest BCUT2D eigenvalue weighted by Gasteiger charge is 2.29. The monoisotopic (exact) mass is 398 g/mol. The van der Waals surface area contributed by atoms with Crippen LogP contribution in [0.2, 0.25) is 5.02 Å². The molecule has 2 nitrogen and oxygen atoms in total. The molecule has 0 aliphatic heterocycles. The molecule has 0 atom stereocenters. The fourth-order valence-electron chi connectivity index (χ4n) is 3.57. The number of fused-ring (bicyclic) bond motifs is 1. The third kappa shape index (κ3) is 3.98. The lowest BCUT2D eigenvalue weighted by Crippen LogP contribution is -2.21. The molecule has 3 heteroatoms. The number of carbonyl (C=O) groups excluding carboxylic acids is 2. The van der Waals surface area contributed by atoms with E-state index in [1.807, 2.05) is 73.7 Å². The minimum absolute atomic E-state index is 0.169. The van der Waals surface area contributed by atoms with Gasteiger partial charge in [-0.25, -0.2) is 0 Å². The van der Waals surface area contributed by atoms with Gasteiger partial charge in [0.2, 0.25) is 0 Å². The van der Waals surface area contributed by atoms with Crippen LogP contribution in [0.5, 0.6) is 0 Å². The fourth-order valence-corrected chi connectivity index (χ4v) is 3.74. The van der Waals surface area contributed by atoms with Crippen molar-refractivity contribution in [2.75, 3.05) is 0 Å². The summed E-state index contributed by atoms with van der Waals surface area (Å²) in [6.45, 7) is 2.01. The number of allylic oxidation sites excluding steroid dienone is 2. The Balaban J connectivity index is 1.85. The summed E-state index contributed by atoms with van der Waals surface area (Å²) in [4.78, 5) is 26.1. The summed E-state index contributed by atoms with van der Waals surface area (Å²) in [5, 5.41) is 0.577. The van der Waals surface area contributed by atoms with Crippen molar-refractivity contribution in [3.8, 4) is 0 Å². The Labute approximate surface area is 175 Å². The largest absolute Gasteiger partial charge is 0.294 e. The lowest BCUT2D eigenvalue weighted by Gasteiger charge is -2.22. The summed E-state index contributed by atoms with van der Waals surface area (Å²) in [5.74, 6) is -0.461. The minimum Gasteiger partial charge on any atom is -0.294 e. The van der Waals surface area contributed by atoms with Gasteiger partial charge >= 0.3 is 0 Å². The van der Waals surface area contributed by atoms with Gasteiger partial charge in [-0.3, -0.25) is 9.59 Å². The van der Waals surface area contributed by atoms with Crippen molar-refractivity contribution in [3.63, 3.8) is 0 Å². The van der Waals surface area contributed by atoms with E-state index in [0.717, 1.165) is 27.8 Å². The number of hydrogen-bond donors (Lipinski definition) is 0. The molecule has 0 saturated heterocycles. The maximum atomic E-state index is 13.1. The normalized spacial score (nSPS) is 13.7. The molecule has 29 heavy (non-hydrogen) atoms. The first-order valence-corrected chi connectivity index (χ1v) is 9.81. The molecule has 1 aliphatic carbocycles. The van der Waals surface area contributed by atoms with E-state index in [1.165, 1.54) is 6.08 Å². The molecule has 0 radical (unpaired) electrons. The second-order valence-corrected chi connectivity index (χ2v) is 7.56. The Bertz CT molecular complexity index is 1150. The van der Waals surface area contributed by atoms with Crippen LogP contribution in [0, 0.1) is 6.92 Å². The second-order valence-electron chi connectivity index (χ2n) is 7.13. The summed E-state index contributed by atoms with van der Waals surface area (Å²) in [6.07, 6.45) is 3.43. The van der Waals surface area contributed by atoms with E-state index >= 15 is 0 Å². The molecular weight excluding hydrogens is 380 g/mol. The predicted molar refractivity (Wildman–Crippen MR) is 118 cm³/mol. The highest BCUT2D eigenvalue weighted by Crippen LogP contribution is 2.36. The van der Waals surface area contributed by atoms with Gasteiger partial charge in [0, 0.05) is 17.0 Å². The number of carbonyl (C=O) groups is 2. The van der Waals surface area contributed by atoms with Crippen LogP contribution >= 0.6 is 11.6 Å². The zero-order valence-corrected chi connectivity index (χ0v) is 16.7. The fraction of sp³-hybridized carbons (Fsp3) is 0.0769. The zero-order valence-electron chi connectivity index (χ0n) is 16.0. The lowest BCUT2D eigenvalue weighted by atomic mass is 9.80. The van der Waals surface area contributed by atoms with Crippen LogP contribution in [-0.4, -0.2) is 11.6 Å². The van der Waals surface area contributed by atoms with Gasteiger partial charge in [-0.1, -0.05) is 83.9 Å². The average Bonchev–Trinajstić information content (AvgIpc) is 2.73. The first kappa shape index (κ1) is 19.1. The van der Waals surface area contributed by atoms with Crippen molar-refractivity contribution >= 4 is 34.8 Å². The Morgan fingerprint density at radius 1 is 0.966 bits per heavy atom. The van der Waals surface area contributed by atoms with Crippen molar-refractivity contribution in [1.82, 2.24) is 0 Å². The Morgan fingerprint density at radius 3 is 2.41 bits per heavy atom. The van der Waals surface area contributed by atoms with Gasteiger partial charge in [0.15, 0.2) is 11.6 Å². The second kappa shape index (κ2) is 8.02. The van der Waals surface area contributed by atoms with Crippen LogP contribution in [0.3, 0.4) is 0 Å². The Morgan fingerprint density at radius 2 is 1.69 bits per heavy atom. The average molecular weight is 399 g/mol. The minimum atomic E-state index is -0.292. The maximum absolute atomic E-state index is 13.1. The molecule has 0 amide bonds. The Hall–Kier alpha value is -3.23. The summed E-state index contributed by atoms with van der Waals surface area (Å²) in [7, 11) is 0. The van der Waals surface area contributed by atoms with Gasteiger partial charge in [0.1, 0.15) is 0 Å². The molecule has 0 aromatic heterocycles. The van der Waals surface area contributed by atoms with Crippen LogP contribution in [0.4, 0.5) is 0 Å². The van der Waals surface area contributed by atoms with E-state index in [9.17, 15) is 9.59 Å². The van der Waals surface area contributed by atoms with Gasteiger partial charge in [-0.15, -0.1) is 0 Å². The van der Waals surface area contributed by atoms with E-state index in [0.29, 0.717) is 10.6 Å². The summed E-state index contributed by atoms with van der Waals surface area (Å²) in [6, 6.07) is 22.9. The number of halogens is 1. The van der Waals surface area contributed by atoms with Crippen LogP contribution in [-0.2, 0) is 16.0 Å². The number of ketones is 2. The van der Waals surface area contributed by atoms with Gasteiger partial charge < -0.3 is 0 Å². The topological polar surface area (TPSA) is 34.1 Å². The first-order valence-electron chi connectivity index (χ1n) is 9.44. The molecule has 3 aromatic carbocycles. The highest BCUT2D eigenvalue weighted by atomic mass is 35.5. The molecule has 0 spiro atoms. The van der Waals surface area contributed by atoms with Crippen molar-refractivity contribution in [2.24, 2.45) is 0 Å². The third-order valence-corrected chi connectivity index (χ3v) is 5.27. The standard InChI is InChI=1S/C26H19ClO2/c1-17-7-9-18(10-8-17)11-14-23(28)26-24(29)15-20-12-13-21(27)16-22(20)25(26)19-5-3-2-4-6-19/h2-14,16H,15H2,1H3. The molecule has 0 N–H and O–H groups in total. The zero-order chi connectivity index (χ0) is 20.4. The number of rotatable bonds is 4. The Kier molecular flexibility index (Phi) is 5.28. The quantitative estimate of drug-likeness (QED) is 0.407. The molecule has 0 bridgehead atoms. The molecular formula is C26H19ClO2. The number of hydrogen-bond acceptors (Lipinski definition) is 2. The van der Waals surface area contributed by atoms with Crippen molar-refractivity contribution in [3.05, 3.63) is 117 Å². The van der Waals surface area contributed by atoms with E-state index in [1.54, 1.807) is 12.1 Å². The van der Waals surface area contributed by atoms with Crippen molar-refractivity contribution in [2.45, 2.75) is 13.3 Å². The van der Waals surface area contributed by atoms with E-state index in [4.69, 9.17) is 11.6 Å².